The van der Waals surface area contributed by atoms with Gasteiger partial charge in [-0.1, -0.05) is 89.6 Å². The van der Waals surface area contributed by atoms with E-state index in [-0.39, 0.29) is 61.0 Å². The number of Topliss-reactive ketones (excluding diaryl/α,β-unsaturated/α-hetero) is 3. The highest BCUT2D eigenvalue weighted by atomic mass is 80.9. The number of ketones is 3. The van der Waals surface area contributed by atoms with Crippen LogP contribution in [0, 0.1) is 5.92 Å². The number of hydrogen-bond acceptors (Lipinski definition) is 15. The Morgan fingerprint density at radius 2 is 0.792 bits per heavy atom. The number of alkyl halides is 2. The van der Waals surface area contributed by atoms with E-state index in [1.165, 1.54) is 40.0 Å². The second-order valence-electron chi connectivity index (χ2n) is 18.5. The maximum absolute atomic E-state index is 12.8. The van der Waals surface area contributed by atoms with Crippen LogP contribution in [0.5, 0.6) is 17.2 Å². The molecule has 15 nitrogen and oxygen atoms in total. The van der Waals surface area contributed by atoms with Crippen molar-refractivity contribution in [3.8, 4) is 17.2 Å². The molecule has 428 valence electrons. The van der Waals surface area contributed by atoms with Crippen LogP contribution in [0.4, 0.5) is 0 Å². The van der Waals surface area contributed by atoms with Gasteiger partial charge in [-0.25, -0.2) is 0 Å². The fourth-order valence-corrected chi connectivity index (χ4v) is 10.7. The molecule has 6 rings (SSSR count). The van der Waals surface area contributed by atoms with Crippen LogP contribution in [0.3, 0.4) is 0 Å². The van der Waals surface area contributed by atoms with Crippen molar-refractivity contribution in [3.05, 3.63) is 87.9 Å². The molecule has 3 aliphatic rings. The van der Waals surface area contributed by atoms with E-state index in [9.17, 15) is 28.8 Å². The summed E-state index contributed by atoms with van der Waals surface area (Å²) in [5.74, 6) is 1.90. The zero-order chi connectivity index (χ0) is 56.3. The molecule has 0 N–H and O–H groups in total. The topological polar surface area (TPSA) is 185 Å². The highest BCUT2D eigenvalue weighted by molar-refractivity contribution is 9.93. The lowest BCUT2D eigenvalue weighted by Gasteiger charge is -2.30. The SMILES string of the molecule is BrBr.CC(=O)OCCOCCOc1ccc(C(=O)C2(Br)CCCCC2)cc1.CC(=O)OCCOCCOc1ccc(C(=O)C2(Br)CCCCC2)cc1Br.CC(=O)OCCOCCOc1ccc(C(=O)C2CCCCC2)cc1. The van der Waals surface area contributed by atoms with Crippen molar-refractivity contribution in [1.82, 2.24) is 0 Å². The van der Waals surface area contributed by atoms with Gasteiger partial charge in [-0.3, -0.25) is 28.8 Å². The van der Waals surface area contributed by atoms with Crippen molar-refractivity contribution in [1.29, 1.82) is 0 Å². The molecule has 3 aromatic carbocycles. The normalized spacial score (nSPS) is 15.5. The third-order valence-electron chi connectivity index (χ3n) is 12.6. The molecule has 0 aliphatic heterocycles. The standard InChI is InChI=1S/C19H24Br2O5.C19H25BrO5.C19H26O5.Br2/c1-14(22)25-11-9-24-10-12-26-17-6-5-15(13-16(17)20)18(23)19(21)7-3-2-4-8-19;1-15(21)24-13-11-23-12-14-25-17-7-5-16(6-8-17)18(22)19(20)9-3-2-4-10-19;1-15(20)23-13-11-22-12-14-24-18-9-7-17(8-10-18)19(21)16-5-3-2-4-6-16;1-2/h5-6,13H,2-4,7-12H2,1H3;5-8H,2-4,9-14H2,1H3;7-10,16H,2-6,11-14H2,1H3;. The highest BCUT2D eigenvalue weighted by Crippen LogP contribution is 2.40. The van der Waals surface area contributed by atoms with Gasteiger partial charge in [0.25, 0.3) is 0 Å². The number of hydrogen-bond donors (Lipinski definition) is 0. The van der Waals surface area contributed by atoms with Crippen LogP contribution >= 0.6 is 76.0 Å². The number of ether oxygens (including phenoxy) is 9. The molecule has 0 heterocycles. The first-order valence-electron chi connectivity index (χ1n) is 26.3. The fraction of sp³-hybridized carbons (Fsp3) is 0.579. The zero-order valence-electron chi connectivity index (χ0n) is 44.5. The van der Waals surface area contributed by atoms with Crippen molar-refractivity contribution in [2.24, 2.45) is 5.92 Å². The summed E-state index contributed by atoms with van der Waals surface area (Å²) in [5.41, 5.74) is 2.16. The summed E-state index contributed by atoms with van der Waals surface area (Å²) in [4.78, 5) is 69.7. The number of rotatable bonds is 27. The largest absolute Gasteiger partial charge is 0.491 e. The lowest BCUT2D eigenvalue weighted by atomic mass is 9.83. The molecule has 3 saturated carbocycles. The average molecular weight is 1400 g/mol. The summed E-state index contributed by atoms with van der Waals surface area (Å²) in [7, 11) is 0. The Bertz CT molecular complexity index is 2210. The predicted molar refractivity (Wildman–Crippen MR) is 313 cm³/mol. The van der Waals surface area contributed by atoms with Crippen molar-refractivity contribution >= 4 is 111 Å². The summed E-state index contributed by atoms with van der Waals surface area (Å²) in [5, 5.41) is 0. The minimum atomic E-state index is -0.428. The van der Waals surface area contributed by atoms with Crippen LogP contribution in [0.1, 0.15) is 148 Å². The first-order chi connectivity index (χ1) is 37.1. The lowest BCUT2D eigenvalue weighted by molar-refractivity contribution is -0.143. The predicted octanol–water partition coefficient (Wildman–Crippen LogP) is 13.7. The summed E-state index contributed by atoms with van der Waals surface area (Å²) >= 11 is 16.3. The molecular formula is C57H75Br5O15. The smallest absolute Gasteiger partial charge is 0.302 e. The molecule has 0 saturated heterocycles. The van der Waals surface area contributed by atoms with Crippen molar-refractivity contribution in [2.45, 2.75) is 126 Å². The van der Waals surface area contributed by atoms with Crippen LogP contribution in [-0.2, 0) is 42.8 Å². The van der Waals surface area contributed by atoms with E-state index in [1.807, 2.05) is 60.7 Å². The lowest BCUT2D eigenvalue weighted by Crippen LogP contribution is -2.34. The first kappa shape index (κ1) is 68.0. The number of halogens is 5. The van der Waals surface area contributed by atoms with E-state index in [0.29, 0.717) is 82.1 Å². The number of esters is 3. The average Bonchev–Trinajstić information content (AvgIpc) is 3.44. The molecule has 0 bridgehead atoms. The molecule has 0 amide bonds. The van der Waals surface area contributed by atoms with E-state index in [0.717, 1.165) is 92.8 Å². The minimum Gasteiger partial charge on any atom is -0.491 e. The molecule has 0 radical (unpaired) electrons. The Morgan fingerprint density at radius 3 is 1.19 bits per heavy atom. The molecule has 3 fully saturated rings. The van der Waals surface area contributed by atoms with Gasteiger partial charge in [-0.15, -0.1) is 0 Å². The third kappa shape index (κ3) is 27.2. The number of carbonyl (C=O) groups is 6. The van der Waals surface area contributed by atoms with Gasteiger partial charge in [0, 0.05) is 71.6 Å². The summed E-state index contributed by atoms with van der Waals surface area (Å²) in [6.45, 7) is 8.29. The zero-order valence-corrected chi connectivity index (χ0v) is 52.5. The molecule has 77 heavy (non-hydrogen) atoms. The Hall–Kier alpha value is -3.24. The molecular weight excluding hydrogens is 1320 g/mol. The molecule has 20 heteroatoms. The van der Waals surface area contributed by atoms with Crippen LogP contribution in [0.25, 0.3) is 0 Å². The van der Waals surface area contributed by atoms with E-state index in [1.54, 1.807) is 6.07 Å². The highest BCUT2D eigenvalue weighted by Gasteiger charge is 2.38. The van der Waals surface area contributed by atoms with Gasteiger partial charge in [0.05, 0.1) is 52.8 Å². The Kier molecular flexibility index (Phi) is 34.6. The third-order valence-corrected chi connectivity index (χ3v) is 15.5. The monoisotopic (exact) mass is 1390 g/mol. The summed E-state index contributed by atoms with van der Waals surface area (Å²) in [6, 6.07) is 20.0. The molecule has 0 atom stereocenters. The molecule has 0 spiro atoms. The van der Waals surface area contributed by atoms with Crippen LogP contribution in [-0.4, -0.2) is 123 Å². The van der Waals surface area contributed by atoms with Gasteiger partial charge in [0.15, 0.2) is 17.3 Å². The van der Waals surface area contributed by atoms with Crippen molar-refractivity contribution in [2.75, 3.05) is 79.3 Å². The number of benzene rings is 3. The Labute approximate surface area is 495 Å². The fourth-order valence-electron chi connectivity index (χ4n) is 8.66. The second kappa shape index (κ2) is 39.2. The van der Waals surface area contributed by atoms with Gasteiger partial charge in [0.1, 0.15) is 56.9 Å². The summed E-state index contributed by atoms with van der Waals surface area (Å²) < 4.78 is 46.9. The van der Waals surface area contributed by atoms with Crippen molar-refractivity contribution < 1.29 is 71.4 Å². The summed E-state index contributed by atoms with van der Waals surface area (Å²) in [6.07, 6.45) is 15.9. The van der Waals surface area contributed by atoms with E-state index in [4.69, 9.17) is 42.6 Å². The van der Waals surface area contributed by atoms with Gasteiger partial charge in [-0.05, 0) is 121 Å². The quantitative estimate of drug-likeness (QED) is 0.0231. The van der Waals surface area contributed by atoms with Gasteiger partial charge in [0.2, 0.25) is 0 Å². The van der Waals surface area contributed by atoms with Gasteiger partial charge in [-0.2, -0.15) is 0 Å². The van der Waals surface area contributed by atoms with Crippen LogP contribution < -0.4 is 14.2 Å². The molecule has 0 aromatic heterocycles. The van der Waals surface area contributed by atoms with E-state index in [2.05, 4.69) is 76.0 Å². The van der Waals surface area contributed by atoms with Gasteiger partial charge < -0.3 is 42.6 Å². The van der Waals surface area contributed by atoms with Crippen LogP contribution in [0.2, 0.25) is 0 Å². The second-order valence-corrected chi connectivity index (χ2v) is 22.4. The van der Waals surface area contributed by atoms with Crippen LogP contribution in [0.15, 0.2) is 71.2 Å². The Morgan fingerprint density at radius 1 is 0.442 bits per heavy atom. The minimum absolute atomic E-state index is 0.137. The van der Waals surface area contributed by atoms with E-state index < -0.39 is 8.65 Å². The van der Waals surface area contributed by atoms with E-state index >= 15 is 0 Å². The number of carbonyl (C=O) groups excluding carboxylic acids is 6. The molecule has 3 aliphatic carbocycles. The first-order valence-corrected chi connectivity index (χ1v) is 32.4. The Balaban J connectivity index is 0.000000299. The van der Waals surface area contributed by atoms with Gasteiger partial charge >= 0.3 is 17.9 Å². The maximum Gasteiger partial charge on any atom is 0.302 e. The van der Waals surface area contributed by atoms with Crippen molar-refractivity contribution in [3.63, 3.8) is 0 Å². The maximum atomic E-state index is 12.8. The molecule has 3 aromatic rings. The molecule has 0 unspecified atom stereocenters.